The minimum atomic E-state index is -0.314. The van der Waals surface area contributed by atoms with Crippen LogP contribution >= 0.6 is 11.6 Å². The molecular weight excluding hydrogens is 382 g/mol. The number of hydrogen-bond acceptors (Lipinski definition) is 6. The van der Waals surface area contributed by atoms with E-state index in [9.17, 15) is 4.79 Å². The van der Waals surface area contributed by atoms with Crippen molar-refractivity contribution in [2.24, 2.45) is 0 Å². The summed E-state index contributed by atoms with van der Waals surface area (Å²) in [5.41, 5.74) is 0.955. The van der Waals surface area contributed by atoms with Crippen LogP contribution in [0.3, 0.4) is 0 Å². The number of morpholine rings is 1. The van der Waals surface area contributed by atoms with Gasteiger partial charge in [0.2, 0.25) is 0 Å². The Kier molecular flexibility index (Phi) is 6.26. The molecule has 1 aliphatic rings. The summed E-state index contributed by atoms with van der Waals surface area (Å²) in [5, 5.41) is 3.12. The zero-order valence-corrected chi connectivity index (χ0v) is 17.1. The first-order valence-corrected chi connectivity index (χ1v) is 9.38. The minimum Gasteiger partial charge on any atom is -0.493 e. The number of aromatic nitrogens is 1. The van der Waals surface area contributed by atoms with Crippen LogP contribution in [0.15, 0.2) is 30.5 Å². The quantitative estimate of drug-likeness (QED) is 0.819. The number of carbonyl (C=O) groups is 1. The Morgan fingerprint density at radius 3 is 2.50 bits per heavy atom. The molecule has 1 N–H and O–H groups in total. The van der Waals surface area contributed by atoms with Gasteiger partial charge in [-0.15, -0.1) is 0 Å². The van der Waals surface area contributed by atoms with Crippen molar-refractivity contribution in [1.29, 1.82) is 0 Å². The lowest BCUT2D eigenvalue weighted by molar-refractivity contribution is -0.00545. The largest absolute Gasteiger partial charge is 0.493 e. The molecule has 0 spiro atoms. The molecule has 1 fully saturated rings. The SMILES string of the molecule is COc1cc(C(=O)Nc2ccc(N3CC(C)OC(C)C3)nc2)cc(Cl)c1OC. The van der Waals surface area contributed by atoms with Crippen LogP contribution in [-0.4, -0.2) is 50.4 Å². The van der Waals surface area contributed by atoms with Crippen LogP contribution in [0.2, 0.25) is 5.02 Å². The first-order valence-electron chi connectivity index (χ1n) is 9.00. The van der Waals surface area contributed by atoms with Crippen LogP contribution in [0.25, 0.3) is 0 Å². The Morgan fingerprint density at radius 1 is 1.21 bits per heavy atom. The molecule has 28 heavy (non-hydrogen) atoms. The van der Waals surface area contributed by atoms with Crippen molar-refractivity contribution in [3.05, 3.63) is 41.0 Å². The van der Waals surface area contributed by atoms with Crippen LogP contribution in [0.5, 0.6) is 11.5 Å². The second-order valence-electron chi connectivity index (χ2n) is 6.72. The number of halogens is 1. The standard InChI is InChI=1S/C20H24ClN3O4/c1-12-10-24(11-13(2)28-12)18-6-5-15(9-22-18)23-20(25)14-7-16(21)19(27-4)17(8-14)26-3/h5-9,12-13H,10-11H2,1-4H3,(H,23,25). The molecule has 1 amide bonds. The van der Waals surface area contributed by atoms with Crippen molar-refractivity contribution >= 4 is 29.0 Å². The summed E-state index contributed by atoms with van der Waals surface area (Å²) in [4.78, 5) is 19.2. The Hall–Kier alpha value is -2.51. The zero-order chi connectivity index (χ0) is 20.3. The van der Waals surface area contributed by atoms with Crippen molar-refractivity contribution in [2.75, 3.05) is 37.5 Å². The predicted molar refractivity (Wildman–Crippen MR) is 109 cm³/mol. The summed E-state index contributed by atoms with van der Waals surface area (Å²) in [5.74, 6) is 1.32. The monoisotopic (exact) mass is 405 g/mol. The third kappa shape index (κ3) is 4.48. The van der Waals surface area contributed by atoms with Gasteiger partial charge in [0, 0.05) is 18.7 Å². The number of nitrogens with one attached hydrogen (secondary N) is 1. The lowest BCUT2D eigenvalue weighted by Gasteiger charge is -2.36. The molecule has 0 saturated carbocycles. The van der Waals surface area contributed by atoms with Crippen LogP contribution in [0, 0.1) is 0 Å². The summed E-state index contributed by atoms with van der Waals surface area (Å²) in [6.45, 7) is 5.66. The number of amides is 1. The average molecular weight is 406 g/mol. The van der Waals surface area contributed by atoms with E-state index in [1.165, 1.54) is 20.3 Å². The highest BCUT2D eigenvalue weighted by Crippen LogP contribution is 2.36. The molecule has 1 aromatic heterocycles. The van der Waals surface area contributed by atoms with E-state index in [1.807, 2.05) is 26.0 Å². The maximum Gasteiger partial charge on any atom is 0.255 e. The van der Waals surface area contributed by atoms with E-state index < -0.39 is 0 Å². The molecule has 0 radical (unpaired) electrons. The number of ether oxygens (including phenoxy) is 3. The van der Waals surface area contributed by atoms with E-state index in [0.29, 0.717) is 27.8 Å². The van der Waals surface area contributed by atoms with Gasteiger partial charge < -0.3 is 24.4 Å². The van der Waals surface area contributed by atoms with Gasteiger partial charge in [-0.05, 0) is 38.1 Å². The lowest BCUT2D eigenvalue weighted by atomic mass is 10.2. The van der Waals surface area contributed by atoms with Gasteiger partial charge >= 0.3 is 0 Å². The molecule has 7 nitrogen and oxygen atoms in total. The lowest BCUT2D eigenvalue weighted by Crippen LogP contribution is -2.45. The fourth-order valence-electron chi connectivity index (χ4n) is 3.26. The van der Waals surface area contributed by atoms with E-state index in [1.54, 1.807) is 12.3 Å². The highest BCUT2D eigenvalue weighted by molar-refractivity contribution is 6.32. The Bertz CT molecular complexity index is 834. The van der Waals surface area contributed by atoms with Crippen LogP contribution in [0.4, 0.5) is 11.5 Å². The van der Waals surface area contributed by atoms with Crippen LogP contribution < -0.4 is 19.7 Å². The third-order valence-corrected chi connectivity index (χ3v) is 4.73. The Labute approximate surface area is 169 Å². The van der Waals surface area contributed by atoms with Gasteiger partial charge in [-0.3, -0.25) is 4.79 Å². The summed E-state index contributed by atoms with van der Waals surface area (Å²) in [7, 11) is 2.98. The molecular formula is C20H24ClN3O4. The van der Waals surface area contributed by atoms with Crippen molar-refractivity contribution < 1.29 is 19.0 Å². The number of rotatable bonds is 5. The van der Waals surface area contributed by atoms with Gasteiger partial charge in [-0.2, -0.15) is 0 Å². The first-order chi connectivity index (χ1) is 13.4. The molecule has 1 aromatic carbocycles. The average Bonchev–Trinajstić information content (AvgIpc) is 2.67. The van der Waals surface area contributed by atoms with E-state index in [-0.39, 0.29) is 18.1 Å². The predicted octanol–water partition coefficient (Wildman–Crippen LogP) is 3.62. The number of nitrogens with zero attached hydrogens (tertiary/aromatic N) is 2. The molecule has 3 rings (SSSR count). The van der Waals surface area contributed by atoms with Crippen molar-refractivity contribution in [2.45, 2.75) is 26.1 Å². The minimum absolute atomic E-state index is 0.153. The summed E-state index contributed by atoms with van der Waals surface area (Å²) < 4.78 is 16.2. The number of anilines is 2. The topological polar surface area (TPSA) is 72.9 Å². The zero-order valence-electron chi connectivity index (χ0n) is 16.4. The van der Waals surface area contributed by atoms with Gasteiger partial charge in [0.15, 0.2) is 11.5 Å². The van der Waals surface area contributed by atoms with E-state index in [4.69, 9.17) is 25.8 Å². The molecule has 8 heteroatoms. The molecule has 0 aliphatic carbocycles. The van der Waals surface area contributed by atoms with Gasteiger partial charge in [0.05, 0.1) is 43.3 Å². The smallest absolute Gasteiger partial charge is 0.255 e. The molecule has 2 atom stereocenters. The van der Waals surface area contributed by atoms with Gasteiger partial charge in [0.25, 0.3) is 5.91 Å². The molecule has 150 valence electrons. The first kappa shape index (κ1) is 20.2. The van der Waals surface area contributed by atoms with E-state index in [2.05, 4.69) is 15.2 Å². The van der Waals surface area contributed by atoms with Gasteiger partial charge in [-0.25, -0.2) is 4.98 Å². The Morgan fingerprint density at radius 2 is 1.93 bits per heavy atom. The number of methoxy groups -OCH3 is 2. The molecule has 1 aliphatic heterocycles. The molecule has 2 unspecified atom stereocenters. The van der Waals surface area contributed by atoms with Crippen molar-refractivity contribution in [3.63, 3.8) is 0 Å². The summed E-state index contributed by atoms with van der Waals surface area (Å²) >= 11 is 6.18. The number of hydrogen-bond donors (Lipinski definition) is 1. The fraction of sp³-hybridized carbons (Fsp3) is 0.400. The van der Waals surface area contributed by atoms with Crippen molar-refractivity contribution in [3.8, 4) is 11.5 Å². The number of benzene rings is 1. The van der Waals surface area contributed by atoms with Gasteiger partial charge in [-0.1, -0.05) is 11.6 Å². The van der Waals surface area contributed by atoms with E-state index >= 15 is 0 Å². The number of pyridine rings is 1. The van der Waals surface area contributed by atoms with Crippen molar-refractivity contribution in [1.82, 2.24) is 4.98 Å². The normalized spacial score (nSPS) is 19.2. The number of carbonyl (C=O) groups excluding carboxylic acids is 1. The fourth-order valence-corrected chi connectivity index (χ4v) is 3.55. The molecule has 0 bridgehead atoms. The maximum atomic E-state index is 12.6. The third-order valence-electron chi connectivity index (χ3n) is 4.45. The molecule has 1 saturated heterocycles. The molecule has 2 aromatic rings. The van der Waals surface area contributed by atoms with Crippen LogP contribution in [0.1, 0.15) is 24.2 Å². The van der Waals surface area contributed by atoms with Crippen LogP contribution in [-0.2, 0) is 4.74 Å². The highest BCUT2D eigenvalue weighted by atomic mass is 35.5. The summed E-state index contributed by atoms with van der Waals surface area (Å²) in [6, 6.07) is 6.84. The Balaban J connectivity index is 1.72. The maximum absolute atomic E-state index is 12.6. The second kappa shape index (κ2) is 8.67. The second-order valence-corrected chi connectivity index (χ2v) is 7.12. The molecule has 2 heterocycles. The highest BCUT2D eigenvalue weighted by Gasteiger charge is 2.23. The summed E-state index contributed by atoms with van der Waals surface area (Å²) in [6.07, 6.45) is 1.94. The van der Waals surface area contributed by atoms with E-state index in [0.717, 1.165) is 18.9 Å². The van der Waals surface area contributed by atoms with Gasteiger partial charge in [0.1, 0.15) is 5.82 Å².